The van der Waals surface area contributed by atoms with Crippen molar-refractivity contribution in [1.82, 2.24) is 15.1 Å². The van der Waals surface area contributed by atoms with Crippen molar-refractivity contribution in [2.45, 2.75) is 37.5 Å². The lowest BCUT2D eigenvalue weighted by atomic mass is 9.94. The van der Waals surface area contributed by atoms with Gasteiger partial charge in [0.05, 0.1) is 18.7 Å². The third-order valence-corrected chi connectivity index (χ3v) is 5.55. The Morgan fingerprint density at radius 3 is 2.67 bits per heavy atom. The summed E-state index contributed by atoms with van der Waals surface area (Å²) in [5, 5.41) is 7.22. The summed E-state index contributed by atoms with van der Waals surface area (Å²) in [6.07, 6.45) is 4.76. The molecule has 1 aromatic carbocycles. The fraction of sp³-hybridized carbons (Fsp3) is 0.474. The van der Waals surface area contributed by atoms with Gasteiger partial charge in [0.25, 0.3) is 0 Å². The molecule has 1 saturated carbocycles. The Balaban J connectivity index is 1.50. The molecule has 24 heavy (non-hydrogen) atoms. The number of aromatic amines is 1. The number of carbonyl (C=O) groups excluding carboxylic acids is 1. The number of benzene rings is 1. The Bertz CT molecular complexity index is 746. The Morgan fingerprint density at radius 1 is 1.33 bits per heavy atom. The van der Waals surface area contributed by atoms with Crippen LogP contribution in [0.15, 0.2) is 30.5 Å². The highest BCUT2D eigenvalue weighted by molar-refractivity contribution is 5.91. The summed E-state index contributed by atoms with van der Waals surface area (Å²) in [5.41, 5.74) is 3.18. The summed E-state index contributed by atoms with van der Waals surface area (Å²) in [6, 6.07) is 7.97. The lowest BCUT2D eigenvalue weighted by Gasteiger charge is -2.24. The third kappa shape index (κ3) is 2.39. The number of hydrogen-bond acceptors (Lipinski definition) is 3. The Hall–Kier alpha value is -2.30. The smallest absolute Gasteiger partial charge is 0.233 e. The number of carbonyl (C=O) groups is 1. The molecule has 2 fully saturated rings. The molecule has 5 heteroatoms. The molecular weight excluding hydrogens is 302 g/mol. The lowest BCUT2D eigenvalue weighted by molar-refractivity contribution is -0.132. The highest BCUT2D eigenvalue weighted by Gasteiger charge is 2.53. The molecule has 2 aromatic rings. The topological polar surface area (TPSA) is 58.2 Å². The van der Waals surface area contributed by atoms with Crippen LogP contribution in [-0.2, 0) is 10.2 Å². The molecule has 2 heterocycles. The van der Waals surface area contributed by atoms with Crippen LogP contribution in [0.1, 0.15) is 42.0 Å². The lowest BCUT2D eigenvalue weighted by Crippen LogP contribution is -2.37. The molecule has 1 aliphatic heterocycles. The van der Waals surface area contributed by atoms with Crippen LogP contribution in [0.2, 0.25) is 0 Å². The molecule has 126 valence electrons. The van der Waals surface area contributed by atoms with Gasteiger partial charge in [-0.15, -0.1) is 0 Å². The molecule has 5 nitrogen and oxygen atoms in total. The van der Waals surface area contributed by atoms with Crippen LogP contribution in [0.4, 0.5) is 0 Å². The van der Waals surface area contributed by atoms with E-state index < -0.39 is 0 Å². The second kappa shape index (κ2) is 5.65. The van der Waals surface area contributed by atoms with E-state index in [1.165, 1.54) is 11.3 Å². The van der Waals surface area contributed by atoms with Gasteiger partial charge in [-0.2, -0.15) is 5.10 Å². The molecule has 1 aromatic heterocycles. The average molecular weight is 325 g/mol. The predicted octanol–water partition coefficient (Wildman–Crippen LogP) is 2.77. The van der Waals surface area contributed by atoms with Gasteiger partial charge in [-0.05, 0) is 49.4 Å². The zero-order valence-electron chi connectivity index (χ0n) is 14.2. The zero-order valence-corrected chi connectivity index (χ0v) is 14.2. The second-order valence-corrected chi connectivity index (χ2v) is 7.01. The summed E-state index contributed by atoms with van der Waals surface area (Å²) in [6.45, 7) is 3.70. The first-order valence-corrected chi connectivity index (χ1v) is 8.58. The van der Waals surface area contributed by atoms with E-state index in [-0.39, 0.29) is 11.3 Å². The fourth-order valence-corrected chi connectivity index (χ4v) is 3.91. The zero-order chi connectivity index (χ0) is 16.7. The number of methoxy groups -OCH3 is 1. The van der Waals surface area contributed by atoms with Gasteiger partial charge in [-0.3, -0.25) is 9.89 Å². The molecule has 1 aliphatic carbocycles. The van der Waals surface area contributed by atoms with Crippen molar-refractivity contribution in [3.05, 3.63) is 47.3 Å². The van der Waals surface area contributed by atoms with E-state index >= 15 is 0 Å². The molecule has 1 unspecified atom stereocenters. The minimum atomic E-state index is -0.301. The van der Waals surface area contributed by atoms with Crippen molar-refractivity contribution in [3.8, 4) is 5.75 Å². The van der Waals surface area contributed by atoms with Crippen molar-refractivity contribution in [2.24, 2.45) is 0 Å². The van der Waals surface area contributed by atoms with E-state index in [1.807, 2.05) is 35.4 Å². The van der Waals surface area contributed by atoms with Gasteiger partial charge >= 0.3 is 0 Å². The number of nitrogens with zero attached hydrogens (tertiary/aromatic N) is 2. The highest BCUT2D eigenvalue weighted by atomic mass is 16.5. The minimum absolute atomic E-state index is 0.285. The number of aryl methyl sites for hydroxylation is 1. The maximum Gasteiger partial charge on any atom is 0.233 e. The third-order valence-electron chi connectivity index (χ3n) is 5.55. The van der Waals surface area contributed by atoms with Gasteiger partial charge in [0.2, 0.25) is 5.91 Å². The first-order valence-electron chi connectivity index (χ1n) is 8.58. The summed E-state index contributed by atoms with van der Waals surface area (Å²) < 4.78 is 5.22. The number of hydrogen-bond donors (Lipinski definition) is 1. The van der Waals surface area contributed by atoms with Crippen molar-refractivity contribution < 1.29 is 9.53 Å². The fourth-order valence-electron chi connectivity index (χ4n) is 3.91. The predicted molar refractivity (Wildman–Crippen MR) is 91.2 cm³/mol. The van der Waals surface area contributed by atoms with Crippen LogP contribution in [0.5, 0.6) is 5.75 Å². The first kappa shape index (κ1) is 15.2. The molecule has 0 radical (unpaired) electrons. The van der Waals surface area contributed by atoms with Gasteiger partial charge in [0.15, 0.2) is 0 Å². The number of likely N-dealkylation sites (tertiary alicyclic amines) is 1. The second-order valence-electron chi connectivity index (χ2n) is 7.01. The largest absolute Gasteiger partial charge is 0.497 e. The standard InChI is InChI=1S/C19H23N3O2/c1-13-11-20-21-17(13)14-7-10-22(12-14)18(23)19(8-9-19)15-3-5-16(24-2)6-4-15/h3-6,11,14H,7-10,12H2,1-2H3,(H,20,21). The van der Waals surface area contributed by atoms with Gasteiger partial charge in [-0.25, -0.2) is 0 Å². The normalized spacial score (nSPS) is 21.8. The molecule has 0 bridgehead atoms. The number of nitrogens with one attached hydrogen (secondary N) is 1. The van der Waals surface area contributed by atoms with Crippen molar-refractivity contribution in [1.29, 1.82) is 0 Å². The molecule has 2 aliphatic rings. The maximum atomic E-state index is 13.2. The van der Waals surface area contributed by atoms with Crippen molar-refractivity contribution in [3.63, 3.8) is 0 Å². The summed E-state index contributed by atoms with van der Waals surface area (Å²) >= 11 is 0. The van der Waals surface area contributed by atoms with Crippen LogP contribution in [0.25, 0.3) is 0 Å². The maximum absolute atomic E-state index is 13.2. The van der Waals surface area contributed by atoms with E-state index in [0.29, 0.717) is 5.92 Å². The Kier molecular flexibility index (Phi) is 3.59. The van der Waals surface area contributed by atoms with E-state index in [0.717, 1.165) is 43.7 Å². The SMILES string of the molecule is COc1ccc(C2(C(=O)N3CCC(c4[nH]ncc4C)C3)CC2)cc1. The molecule has 4 rings (SSSR count). The first-order chi connectivity index (χ1) is 11.6. The monoisotopic (exact) mass is 325 g/mol. The van der Waals surface area contributed by atoms with Crippen LogP contribution in [-0.4, -0.2) is 41.2 Å². The molecule has 1 saturated heterocycles. The quantitative estimate of drug-likeness (QED) is 0.940. The number of amides is 1. The number of ether oxygens (including phenoxy) is 1. The minimum Gasteiger partial charge on any atom is -0.497 e. The van der Waals surface area contributed by atoms with Gasteiger partial charge in [0.1, 0.15) is 5.75 Å². The molecule has 1 amide bonds. The van der Waals surface area contributed by atoms with Crippen molar-refractivity contribution >= 4 is 5.91 Å². The van der Waals surface area contributed by atoms with Crippen LogP contribution in [0, 0.1) is 6.92 Å². The molecule has 1 atom stereocenters. The molecule has 0 spiro atoms. The summed E-state index contributed by atoms with van der Waals surface area (Å²) in [5.74, 6) is 1.49. The van der Waals surface area contributed by atoms with Gasteiger partial charge in [-0.1, -0.05) is 12.1 Å². The summed E-state index contributed by atoms with van der Waals surface area (Å²) in [4.78, 5) is 15.2. The van der Waals surface area contributed by atoms with Gasteiger partial charge < -0.3 is 9.64 Å². The van der Waals surface area contributed by atoms with Crippen LogP contribution >= 0.6 is 0 Å². The molecular formula is C19H23N3O2. The van der Waals surface area contributed by atoms with Crippen molar-refractivity contribution in [2.75, 3.05) is 20.2 Å². The Morgan fingerprint density at radius 2 is 2.08 bits per heavy atom. The summed E-state index contributed by atoms with van der Waals surface area (Å²) in [7, 11) is 1.66. The van der Waals surface area contributed by atoms with E-state index in [2.05, 4.69) is 17.1 Å². The van der Waals surface area contributed by atoms with E-state index in [1.54, 1.807) is 7.11 Å². The van der Waals surface area contributed by atoms with E-state index in [4.69, 9.17) is 4.74 Å². The van der Waals surface area contributed by atoms with Crippen LogP contribution in [0.3, 0.4) is 0 Å². The average Bonchev–Trinajstić information content (AvgIpc) is 3.07. The number of H-pyrrole nitrogens is 1. The van der Waals surface area contributed by atoms with Crippen LogP contribution < -0.4 is 4.74 Å². The van der Waals surface area contributed by atoms with E-state index in [9.17, 15) is 4.79 Å². The Labute approximate surface area is 142 Å². The molecule has 1 N–H and O–H groups in total. The van der Waals surface area contributed by atoms with Gasteiger partial charge in [0, 0.05) is 24.7 Å². The number of rotatable bonds is 4. The highest BCUT2D eigenvalue weighted by Crippen LogP contribution is 2.50. The number of aromatic nitrogens is 2.